The van der Waals surface area contributed by atoms with Gasteiger partial charge in [0.25, 0.3) is 0 Å². The van der Waals surface area contributed by atoms with Gasteiger partial charge >= 0.3 is 6.03 Å². The largest absolute Gasteiger partial charge is 0.379 e. The van der Waals surface area contributed by atoms with Crippen LogP contribution in [0, 0.1) is 6.92 Å². The molecule has 200 valence electrons. The fourth-order valence-electron chi connectivity index (χ4n) is 5.17. The zero-order valence-electron chi connectivity index (χ0n) is 22.6. The lowest BCUT2D eigenvalue weighted by Crippen LogP contribution is -2.35. The van der Waals surface area contributed by atoms with Gasteiger partial charge in [-0.1, -0.05) is 78.9 Å². The maximum atomic E-state index is 13.1. The normalized spacial score (nSPS) is 13.7. The highest BCUT2D eigenvalue weighted by molar-refractivity contribution is 6.10. The van der Waals surface area contributed by atoms with E-state index in [9.17, 15) is 4.79 Å². The maximum absolute atomic E-state index is 13.1. The first-order valence-corrected chi connectivity index (χ1v) is 13.7. The van der Waals surface area contributed by atoms with Crippen LogP contribution >= 0.6 is 0 Å². The van der Waals surface area contributed by atoms with Crippen molar-refractivity contribution in [2.45, 2.75) is 13.5 Å². The second kappa shape index (κ2) is 11.7. The van der Waals surface area contributed by atoms with Gasteiger partial charge in [-0.2, -0.15) is 0 Å². The summed E-state index contributed by atoms with van der Waals surface area (Å²) in [7, 11) is 0. The van der Waals surface area contributed by atoms with Gasteiger partial charge in [0.05, 0.1) is 24.6 Å². The van der Waals surface area contributed by atoms with Gasteiger partial charge in [0.2, 0.25) is 0 Å². The minimum Gasteiger partial charge on any atom is -0.379 e. The second-order valence-corrected chi connectivity index (χ2v) is 10.1. The van der Waals surface area contributed by atoms with E-state index < -0.39 is 0 Å². The molecule has 1 aliphatic rings. The van der Waals surface area contributed by atoms with Crippen LogP contribution in [0.2, 0.25) is 0 Å². The van der Waals surface area contributed by atoms with E-state index in [1.807, 2.05) is 67.7 Å². The Hall–Kier alpha value is -4.52. The second-order valence-electron chi connectivity index (χ2n) is 10.1. The number of benzene rings is 4. The minimum absolute atomic E-state index is 0.277. The smallest absolute Gasteiger partial charge is 0.323 e. The molecule has 2 amide bonds. The molecule has 1 aromatic heterocycles. The number of aromatic nitrogens is 1. The fraction of sp³-hybridized carbons (Fsp3) is 0.176. The summed E-state index contributed by atoms with van der Waals surface area (Å²) < 4.78 is 5.45. The molecule has 2 N–H and O–H groups in total. The van der Waals surface area contributed by atoms with Gasteiger partial charge in [-0.3, -0.25) is 9.88 Å². The van der Waals surface area contributed by atoms with Gasteiger partial charge in [-0.25, -0.2) is 4.79 Å². The number of ether oxygens (including phenoxy) is 1. The highest BCUT2D eigenvalue weighted by Crippen LogP contribution is 2.33. The van der Waals surface area contributed by atoms with Crippen molar-refractivity contribution in [1.29, 1.82) is 0 Å². The number of pyridine rings is 1. The van der Waals surface area contributed by atoms with Crippen molar-refractivity contribution < 1.29 is 9.53 Å². The third-order valence-corrected chi connectivity index (χ3v) is 7.39. The molecule has 0 saturated carbocycles. The van der Waals surface area contributed by atoms with E-state index in [1.165, 1.54) is 0 Å². The van der Waals surface area contributed by atoms with Gasteiger partial charge < -0.3 is 15.4 Å². The number of hydrogen-bond donors (Lipinski definition) is 2. The van der Waals surface area contributed by atoms with Gasteiger partial charge in [-0.15, -0.1) is 0 Å². The molecule has 5 aromatic rings. The number of aryl methyl sites for hydroxylation is 1. The number of carbonyl (C=O) groups excluding carboxylic acids is 1. The van der Waals surface area contributed by atoms with Gasteiger partial charge in [0.1, 0.15) is 0 Å². The molecule has 0 bridgehead atoms. The van der Waals surface area contributed by atoms with Crippen LogP contribution in [-0.2, 0) is 11.3 Å². The summed E-state index contributed by atoms with van der Waals surface area (Å²) >= 11 is 0. The highest BCUT2D eigenvalue weighted by atomic mass is 16.5. The van der Waals surface area contributed by atoms with Gasteiger partial charge in [0.15, 0.2) is 0 Å². The Kier molecular flexibility index (Phi) is 7.53. The van der Waals surface area contributed by atoms with Gasteiger partial charge in [0, 0.05) is 42.5 Å². The van der Waals surface area contributed by atoms with Crippen LogP contribution in [0.1, 0.15) is 11.3 Å². The predicted octanol–water partition coefficient (Wildman–Crippen LogP) is 7.35. The molecule has 0 unspecified atom stereocenters. The Labute approximate surface area is 234 Å². The molecule has 0 radical (unpaired) electrons. The SMILES string of the molecule is Cc1ccc(-c2ccccc2)cc1NC(=O)Nc1ccc(-c2ccc(CN3CCOCC3)nc2)c2ccccc12. The lowest BCUT2D eigenvalue weighted by atomic mass is 9.98. The van der Waals surface area contributed by atoms with Crippen LogP contribution in [-0.4, -0.2) is 42.2 Å². The summed E-state index contributed by atoms with van der Waals surface area (Å²) in [6.07, 6.45) is 1.94. The number of carbonyl (C=O) groups is 1. The van der Waals surface area contributed by atoms with E-state index in [0.717, 1.165) is 88.5 Å². The van der Waals surface area contributed by atoms with Gasteiger partial charge in [-0.05, 0) is 52.8 Å². The molecule has 0 atom stereocenters. The third kappa shape index (κ3) is 5.73. The monoisotopic (exact) mass is 528 g/mol. The van der Waals surface area contributed by atoms with E-state index in [2.05, 4.69) is 58.0 Å². The van der Waals surface area contributed by atoms with Crippen molar-refractivity contribution in [3.05, 3.63) is 115 Å². The number of urea groups is 1. The third-order valence-electron chi connectivity index (χ3n) is 7.39. The summed E-state index contributed by atoms with van der Waals surface area (Å²) in [5.74, 6) is 0. The minimum atomic E-state index is -0.277. The molecule has 4 aromatic carbocycles. The molecule has 0 spiro atoms. The van der Waals surface area contributed by atoms with Crippen molar-refractivity contribution in [3.8, 4) is 22.3 Å². The predicted molar refractivity (Wildman–Crippen MR) is 163 cm³/mol. The van der Waals surface area contributed by atoms with E-state index in [4.69, 9.17) is 9.72 Å². The summed E-state index contributed by atoms with van der Waals surface area (Å²) in [5.41, 5.74) is 7.88. The van der Waals surface area contributed by atoms with Crippen LogP contribution in [0.4, 0.5) is 16.2 Å². The average molecular weight is 529 g/mol. The molecule has 1 saturated heterocycles. The lowest BCUT2D eigenvalue weighted by Gasteiger charge is -2.26. The first-order valence-electron chi connectivity index (χ1n) is 13.7. The van der Waals surface area contributed by atoms with E-state index in [-0.39, 0.29) is 6.03 Å². The number of nitrogens with zero attached hydrogens (tertiary/aromatic N) is 2. The maximum Gasteiger partial charge on any atom is 0.323 e. The molecule has 1 aliphatic heterocycles. The number of fused-ring (bicyclic) bond motifs is 1. The Balaban J connectivity index is 1.21. The number of rotatable bonds is 6. The number of nitrogens with one attached hydrogen (secondary N) is 2. The summed E-state index contributed by atoms with van der Waals surface area (Å²) in [5, 5.41) is 8.15. The zero-order chi connectivity index (χ0) is 27.3. The van der Waals surface area contributed by atoms with Crippen LogP contribution in [0.5, 0.6) is 0 Å². The van der Waals surface area contributed by atoms with E-state index >= 15 is 0 Å². The Bertz CT molecular complexity index is 1630. The van der Waals surface area contributed by atoms with E-state index in [1.54, 1.807) is 0 Å². The van der Waals surface area contributed by atoms with Crippen molar-refractivity contribution in [2.24, 2.45) is 0 Å². The fourth-order valence-corrected chi connectivity index (χ4v) is 5.17. The van der Waals surface area contributed by atoms with Crippen molar-refractivity contribution in [2.75, 3.05) is 36.9 Å². The molecular formula is C34H32N4O2. The van der Waals surface area contributed by atoms with Crippen LogP contribution < -0.4 is 10.6 Å². The summed E-state index contributed by atoms with van der Waals surface area (Å²) in [4.78, 5) is 20.3. The number of amides is 2. The first kappa shape index (κ1) is 25.7. The number of anilines is 2. The molecule has 6 rings (SSSR count). The molecule has 40 heavy (non-hydrogen) atoms. The number of morpholine rings is 1. The van der Waals surface area contributed by atoms with Crippen LogP contribution in [0.25, 0.3) is 33.0 Å². The van der Waals surface area contributed by atoms with Crippen molar-refractivity contribution in [3.63, 3.8) is 0 Å². The molecule has 6 nitrogen and oxygen atoms in total. The summed E-state index contributed by atoms with van der Waals surface area (Å²) in [6, 6.07) is 32.4. The van der Waals surface area contributed by atoms with Crippen molar-refractivity contribution in [1.82, 2.24) is 9.88 Å². The Morgan fingerprint density at radius 2 is 1.50 bits per heavy atom. The Morgan fingerprint density at radius 3 is 2.27 bits per heavy atom. The topological polar surface area (TPSA) is 66.5 Å². The molecule has 2 heterocycles. The van der Waals surface area contributed by atoms with Crippen LogP contribution in [0.15, 0.2) is 103 Å². The quantitative estimate of drug-likeness (QED) is 0.242. The lowest BCUT2D eigenvalue weighted by molar-refractivity contribution is 0.0336. The summed E-state index contributed by atoms with van der Waals surface area (Å²) in [6.45, 7) is 6.26. The standard InChI is InChI=1S/C34H32N4O2/c1-24-11-12-26(25-7-3-2-4-8-25)21-33(24)37-34(39)36-32-16-15-29(30-9-5-6-10-31(30)32)27-13-14-28(35-22-27)23-38-17-19-40-20-18-38/h2-16,21-22H,17-20,23H2,1H3,(H2,36,37,39). The molecule has 1 fully saturated rings. The molecular weight excluding hydrogens is 496 g/mol. The number of hydrogen-bond acceptors (Lipinski definition) is 4. The van der Waals surface area contributed by atoms with E-state index in [0.29, 0.717) is 0 Å². The first-order chi connectivity index (χ1) is 19.6. The average Bonchev–Trinajstić information content (AvgIpc) is 3.00. The van der Waals surface area contributed by atoms with Crippen LogP contribution in [0.3, 0.4) is 0 Å². The van der Waals surface area contributed by atoms with Crippen molar-refractivity contribution >= 4 is 28.2 Å². The zero-order valence-corrected chi connectivity index (χ0v) is 22.6. The Morgan fingerprint density at radius 1 is 0.775 bits per heavy atom. The highest BCUT2D eigenvalue weighted by Gasteiger charge is 2.14. The molecule has 0 aliphatic carbocycles. The molecule has 6 heteroatoms.